The number of carbonyl (C=O) groups is 2. The Hall–Kier alpha value is -1.06. The highest BCUT2D eigenvalue weighted by atomic mass is 16.5. The Labute approximate surface area is 77.6 Å². The number of unbranched alkanes of at least 4 members (excludes halogenated alkanes) is 1. The molecule has 0 aromatic carbocycles. The second kappa shape index (κ2) is 4.84. The van der Waals surface area contributed by atoms with Crippen LogP contribution in [0, 0.1) is 0 Å². The van der Waals surface area contributed by atoms with Gasteiger partial charge in [-0.15, -0.1) is 0 Å². The Morgan fingerprint density at radius 1 is 1.69 bits per heavy atom. The van der Waals surface area contributed by atoms with Gasteiger partial charge in [0, 0.05) is 12.8 Å². The number of hydrogen-bond donors (Lipinski definition) is 1. The molecule has 13 heavy (non-hydrogen) atoms. The van der Waals surface area contributed by atoms with Crippen molar-refractivity contribution < 1.29 is 14.3 Å². The van der Waals surface area contributed by atoms with E-state index in [9.17, 15) is 9.59 Å². The van der Waals surface area contributed by atoms with Gasteiger partial charge in [0.15, 0.2) is 0 Å². The summed E-state index contributed by atoms with van der Waals surface area (Å²) in [6.07, 6.45) is 2.97. The van der Waals surface area contributed by atoms with Gasteiger partial charge in [0.05, 0.1) is 6.61 Å². The third-order valence-electron chi connectivity index (χ3n) is 2.03. The van der Waals surface area contributed by atoms with E-state index >= 15 is 0 Å². The molecule has 1 rings (SSSR count). The number of esters is 1. The molecule has 1 aliphatic rings. The highest BCUT2D eigenvalue weighted by molar-refractivity contribution is 5.85. The number of carbonyl (C=O) groups excluding carboxylic acids is 2. The Morgan fingerprint density at radius 3 is 3.00 bits per heavy atom. The van der Waals surface area contributed by atoms with Crippen LogP contribution in [0.4, 0.5) is 0 Å². The molecular weight excluding hydrogens is 170 g/mol. The maximum absolute atomic E-state index is 11.2. The number of amides is 1. The zero-order valence-electron chi connectivity index (χ0n) is 7.84. The van der Waals surface area contributed by atoms with Crippen molar-refractivity contribution in [2.24, 2.45) is 0 Å². The molecule has 0 radical (unpaired) electrons. The highest BCUT2D eigenvalue weighted by Crippen LogP contribution is 2.06. The molecule has 1 unspecified atom stereocenters. The fourth-order valence-corrected chi connectivity index (χ4v) is 1.23. The predicted molar refractivity (Wildman–Crippen MR) is 47.0 cm³/mol. The molecule has 0 aliphatic carbocycles. The molecule has 74 valence electrons. The molecule has 4 nitrogen and oxygen atoms in total. The van der Waals surface area contributed by atoms with Gasteiger partial charge in [0.1, 0.15) is 6.04 Å². The maximum atomic E-state index is 11.2. The molecule has 0 spiro atoms. The van der Waals surface area contributed by atoms with Gasteiger partial charge >= 0.3 is 5.97 Å². The van der Waals surface area contributed by atoms with Crippen molar-refractivity contribution in [2.75, 3.05) is 6.61 Å². The molecule has 1 N–H and O–H groups in total. The van der Waals surface area contributed by atoms with Crippen LogP contribution in [0.1, 0.15) is 32.6 Å². The maximum Gasteiger partial charge on any atom is 0.328 e. The Balaban J connectivity index is 2.23. The quantitative estimate of drug-likeness (QED) is 0.653. The Bertz CT molecular complexity index is 203. The van der Waals surface area contributed by atoms with Crippen molar-refractivity contribution in [3.8, 4) is 0 Å². The number of hydrogen-bond acceptors (Lipinski definition) is 3. The van der Waals surface area contributed by atoms with Crippen molar-refractivity contribution in [1.29, 1.82) is 0 Å². The lowest BCUT2D eigenvalue weighted by Gasteiger charge is -2.07. The van der Waals surface area contributed by atoms with Crippen LogP contribution < -0.4 is 5.32 Å². The fourth-order valence-electron chi connectivity index (χ4n) is 1.23. The SMILES string of the molecule is CCCCC(=O)NC1CCOC1=O. The van der Waals surface area contributed by atoms with E-state index in [2.05, 4.69) is 5.32 Å². The molecule has 1 atom stereocenters. The van der Waals surface area contributed by atoms with Gasteiger partial charge in [-0.25, -0.2) is 4.79 Å². The van der Waals surface area contributed by atoms with Crippen LogP contribution in [-0.4, -0.2) is 24.5 Å². The lowest BCUT2D eigenvalue weighted by atomic mass is 10.2. The van der Waals surface area contributed by atoms with Gasteiger partial charge in [0.25, 0.3) is 0 Å². The molecule has 0 saturated carbocycles. The molecule has 0 bridgehead atoms. The van der Waals surface area contributed by atoms with Crippen molar-refractivity contribution >= 4 is 11.9 Å². The number of nitrogens with one attached hydrogen (secondary N) is 1. The summed E-state index contributed by atoms with van der Waals surface area (Å²) in [5, 5.41) is 2.65. The van der Waals surface area contributed by atoms with Crippen LogP contribution in [0.25, 0.3) is 0 Å². The molecular formula is C9H15NO3. The average Bonchev–Trinajstić information content (AvgIpc) is 2.48. The predicted octanol–water partition coefficient (Wildman–Crippen LogP) is 0.608. The van der Waals surface area contributed by atoms with E-state index < -0.39 is 6.04 Å². The first kappa shape index (κ1) is 10.0. The van der Waals surface area contributed by atoms with Crippen LogP contribution in [0.15, 0.2) is 0 Å². The minimum atomic E-state index is -0.399. The second-order valence-electron chi connectivity index (χ2n) is 3.18. The smallest absolute Gasteiger partial charge is 0.328 e. The fraction of sp³-hybridized carbons (Fsp3) is 0.778. The number of rotatable bonds is 4. The van der Waals surface area contributed by atoms with Crippen molar-refractivity contribution in [3.05, 3.63) is 0 Å². The molecule has 1 aliphatic heterocycles. The first-order valence-electron chi connectivity index (χ1n) is 4.70. The van der Waals surface area contributed by atoms with Gasteiger partial charge in [-0.05, 0) is 6.42 Å². The van der Waals surface area contributed by atoms with Crippen molar-refractivity contribution in [1.82, 2.24) is 5.32 Å². The van der Waals surface area contributed by atoms with E-state index in [4.69, 9.17) is 4.74 Å². The normalized spacial score (nSPS) is 21.3. The van der Waals surface area contributed by atoms with Crippen LogP contribution >= 0.6 is 0 Å². The molecule has 0 aromatic rings. The molecule has 4 heteroatoms. The van der Waals surface area contributed by atoms with Gasteiger partial charge in [-0.1, -0.05) is 13.3 Å². The topological polar surface area (TPSA) is 55.4 Å². The summed E-state index contributed by atoms with van der Waals surface area (Å²) >= 11 is 0. The van der Waals surface area contributed by atoms with E-state index in [0.29, 0.717) is 19.4 Å². The molecule has 0 aromatic heterocycles. The lowest BCUT2D eigenvalue weighted by molar-refractivity contribution is -0.141. The van der Waals surface area contributed by atoms with Gasteiger partial charge in [-0.2, -0.15) is 0 Å². The summed E-state index contributed by atoms with van der Waals surface area (Å²) in [5.41, 5.74) is 0. The Kier molecular flexibility index (Phi) is 3.73. The zero-order chi connectivity index (χ0) is 9.68. The minimum Gasteiger partial charge on any atom is -0.464 e. The zero-order valence-corrected chi connectivity index (χ0v) is 7.84. The van der Waals surface area contributed by atoms with E-state index in [0.717, 1.165) is 12.8 Å². The lowest BCUT2D eigenvalue weighted by Crippen LogP contribution is -2.37. The van der Waals surface area contributed by atoms with Gasteiger partial charge in [-0.3, -0.25) is 4.79 Å². The molecule has 1 fully saturated rings. The largest absolute Gasteiger partial charge is 0.464 e. The standard InChI is InChI=1S/C9H15NO3/c1-2-3-4-8(11)10-7-5-6-13-9(7)12/h7H,2-6H2,1H3,(H,10,11). The molecule has 1 saturated heterocycles. The van der Waals surface area contributed by atoms with Crippen LogP contribution in [-0.2, 0) is 14.3 Å². The van der Waals surface area contributed by atoms with E-state index in [-0.39, 0.29) is 11.9 Å². The Morgan fingerprint density at radius 2 is 2.46 bits per heavy atom. The summed E-state index contributed by atoms with van der Waals surface area (Å²) in [7, 11) is 0. The number of ether oxygens (including phenoxy) is 1. The summed E-state index contributed by atoms with van der Waals surface area (Å²) in [5.74, 6) is -0.351. The van der Waals surface area contributed by atoms with Crippen LogP contribution in [0.5, 0.6) is 0 Å². The third-order valence-corrected chi connectivity index (χ3v) is 2.03. The summed E-state index contributed by atoms with van der Waals surface area (Å²) in [6.45, 7) is 2.45. The molecule has 1 amide bonds. The number of cyclic esters (lactones) is 1. The molecule has 1 heterocycles. The minimum absolute atomic E-state index is 0.0503. The highest BCUT2D eigenvalue weighted by Gasteiger charge is 2.27. The van der Waals surface area contributed by atoms with Crippen molar-refractivity contribution in [2.45, 2.75) is 38.6 Å². The van der Waals surface area contributed by atoms with E-state index in [1.165, 1.54) is 0 Å². The first-order chi connectivity index (χ1) is 6.24. The van der Waals surface area contributed by atoms with Crippen LogP contribution in [0.3, 0.4) is 0 Å². The van der Waals surface area contributed by atoms with E-state index in [1.807, 2.05) is 6.92 Å². The van der Waals surface area contributed by atoms with Gasteiger partial charge < -0.3 is 10.1 Å². The monoisotopic (exact) mass is 185 g/mol. The summed E-state index contributed by atoms with van der Waals surface area (Å²) < 4.78 is 4.72. The van der Waals surface area contributed by atoms with E-state index in [1.54, 1.807) is 0 Å². The summed E-state index contributed by atoms with van der Waals surface area (Å²) in [6, 6.07) is -0.399. The van der Waals surface area contributed by atoms with Gasteiger partial charge in [0.2, 0.25) is 5.91 Å². The third kappa shape index (κ3) is 3.05. The van der Waals surface area contributed by atoms with Crippen molar-refractivity contribution in [3.63, 3.8) is 0 Å². The average molecular weight is 185 g/mol. The second-order valence-corrected chi connectivity index (χ2v) is 3.18. The summed E-state index contributed by atoms with van der Waals surface area (Å²) in [4.78, 5) is 22.1. The van der Waals surface area contributed by atoms with Crippen LogP contribution in [0.2, 0.25) is 0 Å². The first-order valence-corrected chi connectivity index (χ1v) is 4.70.